The number of guanidine groups is 1. The minimum atomic E-state index is 0.444. The average Bonchev–Trinajstić information content (AvgIpc) is 2.67. The van der Waals surface area contributed by atoms with Gasteiger partial charge in [0, 0.05) is 28.1 Å². The second-order valence-corrected chi connectivity index (χ2v) is 4.40. The lowest BCUT2D eigenvalue weighted by atomic mass is 10.2. The zero-order valence-corrected chi connectivity index (χ0v) is 10.5. The first kappa shape index (κ1) is 11.0. The third-order valence-electron chi connectivity index (χ3n) is 2.34. The standard InChI is InChI=1S/C11H13BrN4/c1-14-11(13)15-6-9-5-7-4-8(12)2-3-10(7)16-9/h2-5,16H,6H2,1H3,(H3,13,14,15). The SMILES string of the molecule is CN=C(N)NCc1cc2cc(Br)ccc2[nH]1. The van der Waals surface area contributed by atoms with Gasteiger partial charge < -0.3 is 16.0 Å². The number of hydrogen-bond acceptors (Lipinski definition) is 1. The molecule has 2 aromatic rings. The zero-order valence-electron chi connectivity index (χ0n) is 8.92. The molecule has 4 N–H and O–H groups in total. The lowest BCUT2D eigenvalue weighted by Crippen LogP contribution is -2.30. The summed E-state index contributed by atoms with van der Waals surface area (Å²) in [4.78, 5) is 7.14. The molecule has 0 saturated heterocycles. The molecule has 0 atom stereocenters. The number of fused-ring (bicyclic) bond motifs is 1. The van der Waals surface area contributed by atoms with E-state index in [1.807, 2.05) is 12.1 Å². The van der Waals surface area contributed by atoms with Crippen LogP contribution in [0.3, 0.4) is 0 Å². The maximum Gasteiger partial charge on any atom is 0.188 e. The van der Waals surface area contributed by atoms with Crippen molar-refractivity contribution in [3.63, 3.8) is 0 Å². The van der Waals surface area contributed by atoms with E-state index in [-0.39, 0.29) is 0 Å². The zero-order chi connectivity index (χ0) is 11.5. The molecule has 16 heavy (non-hydrogen) atoms. The normalized spacial score (nSPS) is 12.0. The Labute approximate surface area is 102 Å². The van der Waals surface area contributed by atoms with Gasteiger partial charge in [-0.3, -0.25) is 4.99 Å². The van der Waals surface area contributed by atoms with Crippen LogP contribution in [0.15, 0.2) is 33.7 Å². The van der Waals surface area contributed by atoms with Crippen molar-refractivity contribution >= 4 is 32.8 Å². The number of hydrogen-bond donors (Lipinski definition) is 3. The Morgan fingerprint density at radius 1 is 1.50 bits per heavy atom. The number of halogens is 1. The van der Waals surface area contributed by atoms with Gasteiger partial charge in [-0.2, -0.15) is 0 Å². The number of benzene rings is 1. The van der Waals surface area contributed by atoms with Gasteiger partial charge in [0.1, 0.15) is 0 Å². The number of aromatic amines is 1. The number of aliphatic imine (C=N–C) groups is 1. The number of rotatable bonds is 2. The fourth-order valence-corrected chi connectivity index (χ4v) is 1.90. The Hall–Kier alpha value is -1.49. The second kappa shape index (κ2) is 4.57. The number of H-pyrrole nitrogens is 1. The highest BCUT2D eigenvalue weighted by Gasteiger charge is 2.01. The van der Waals surface area contributed by atoms with Crippen LogP contribution in [0, 0.1) is 0 Å². The average molecular weight is 281 g/mol. The van der Waals surface area contributed by atoms with E-state index in [0.29, 0.717) is 12.5 Å². The van der Waals surface area contributed by atoms with Crippen molar-refractivity contribution in [1.82, 2.24) is 10.3 Å². The summed E-state index contributed by atoms with van der Waals surface area (Å²) in [6, 6.07) is 8.22. The molecule has 0 unspecified atom stereocenters. The van der Waals surface area contributed by atoms with E-state index in [9.17, 15) is 0 Å². The number of nitrogens with zero attached hydrogens (tertiary/aromatic N) is 1. The van der Waals surface area contributed by atoms with Crippen LogP contribution in [-0.4, -0.2) is 18.0 Å². The van der Waals surface area contributed by atoms with E-state index in [0.717, 1.165) is 15.7 Å². The van der Waals surface area contributed by atoms with Gasteiger partial charge in [0.25, 0.3) is 0 Å². The minimum absolute atomic E-state index is 0.444. The molecule has 0 aliphatic carbocycles. The summed E-state index contributed by atoms with van der Waals surface area (Å²) >= 11 is 3.45. The minimum Gasteiger partial charge on any atom is -0.370 e. The summed E-state index contributed by atoms with van der Waals surface area (Å²) in [5, 5.41) is 4.19. The maximum atomic E-state index is 5.56. The van der Waals surface area contributed by atoms with Crippen molar-refractivity contribution in [3.8, 4) is 0 Å². The molecule has 5 heteroatoms. The number of nitrogens with one attached hydrogen (secondary N) is 2. The molecular formula is C11H13BrN4. The predicted octanol–water partition coefficient (Wildman–Crippen LogP) is 1.96. The van der Waals surface area contributed by atoms with Gasteiger partial charge in [-0.15, -0.1) is 0 Å². The molecule has 0 saturated carbocycles. The van der Waals surface area contributed by atoms with Gasteiger partial charge in [0.2, 0.25) is 0 Å². The van der Waals surface area contributed by atoms with E-state index in [4.69, 9.17) is 5.73 Å². The summed E-state index contributed by atoms with van der Waals surface area (Å²) in [5.41, 5.74) is 7.76. The van der Waals surface area contributed by atoms with Crippen molar-refractivity contribution < 1.29 is 0 Å². The summed E-state index contributed by atoms with van der Waals surface area (Å²) in [6.07, 6.45) is 0. The van der Waals surface area contributed by atoms with Crippen LogP contribution in [0.4, 0.5) is 0 Å². The molecule has 0 amide bonds. The van der Waals surface area contributed by atoms with E-state index < -0.39 is 0 Å². The van der Waals surface area contributed by atoms with Gasteiger partial charge >= 0.3 is 0 Å². The van der Waals surface area contributed by atoms with Gasteiger partial charge in [0.15, 0.2) is 5.96 Å². The summed E-state index contributed by atoms with van der Waals surface area (Å²) in [5.74, 6) is 0.444. The Kier molecular flexibility index (Phi) is 3.14. The Balaban J connectivity index is 2.20. The van der Waals surface area contributed by atoms with Crippen LogP contribution in [0.1, 0.15) is 5.69 Å². The van der Waals surface area contributed by atoms with Gasteiger partial charge in [-0.05, 0) is 24.3 Å². The highest BCUT2D eigenvalue weighted by atomic mass is 79.9. The molecule has 0 aliphatic rings. The number of aromatic nitrogens is 1. The highest BCUT2D eigenvalue weighted by molar-refractivity contribution is 9.10. The summed E-state index contributed by atoms with van der Waals surface area (Å²) in [7, 11) is 1.66. The number of nitrogens with two attached hydrogens (primary N) is 1. The molecule has 1 heterocycles. The molecule has 84 valence electrons. The first-order chi connectivity index (χ1) is 7.69. The first-order valence-corrected chi connectivity index (χ1v) is 5.71. The van der Waals surface area contributed by atoms with Crippen LogP contribution in [0.2, 0.25) is 0 Å². The molecular weight excluding hydrogens is 268 g/mol. The van der Waals surface area contributed by atoms with E-state index in [2.05, 4.69) is 43.4 Å². The van der Waals surface area contributed by atoms with Gasteiger partial charge in [-0.1, -0.05) is 15.9 Å². The lowest BCUT2D eigenvalue weighted by molar-refractivity contribution is 0.876. The second-order valence-electron chi connectivity index (χ2n) is 3.49. The van der Waals surface area contributed by atoms with Gasteiger partial charge in [0.05, 0.1) is 6.54 Å². The van der Waals surface area contributed by atoms with Crippen molar-refractivity contribution in [3.05, 3.63) is 34.4 Å². The lowest BCUT2D eigenvalue weighted by Gasteiger charge is -2.01. The first-order valence-electron chi connectivity index (χ1n) is 4.92. The molecule has 1 aromatic carbocycles. The van der Waals surface area contributed by atoms with Crippen molar-refractivity contribution in [1.29, 1.82) is 0 Å². The monoisotopic (exact) mass is 280 g/mol. The summed E-state index contributed by atoms with van der Waals surface area (Å²) in [6.45, 7) is 0.648. The predicted molar refractivity (Wildman–Crippen MR) is 70.4 cm³/mol. The van der Waals surface area contributed by atoms with Crippen LogP contribution < -0.4 is 11.1 Å². The van der Waals surface area contributed by atoms with Crippen LogP contribution in [-0.2, 0) is 6.54 Å². The molecule has 2 rings (SSSR count). The molecule has 0 aliphatic heterocycles. The fourth-order valence-electron chi connectivity index (χ4n) is 1.52. The Morgan fingerprint density at radius 2 is 2.31 bits per heavy atom. The quantitative estimate of drug-likeness (QED) is 0.582. The van der Waals surface area contributed by atoms with E-state index in [1.165, 1.54) is 5.39 Å². The molecule has 1 aromatic heterocycles. The Bertz CT molecular complexity index is 530. The van der Waals surface area contributed by atoms with Crippen LogP contribution in [0.25, 0.3) is 10.9 Å². The third kappa shape index (κ3) is 2.36. The molecule has 0 fully saturated rings. The molecule has 0 spiro atoms. The van der Waals surface area contributed by atoms with E-state index in [1.54, 1.807) is 7.05 Å². The topological polar surface area (TPSA) is 66.2 Å². The molecule has 0 bridgehead atoms. The van der Waals surface area contributed by atoms with Crippen molar-refractivity contribution in [2.75, 3.05) is 7.05 Å². The van der Waals surface area contributed by atoms with Crippen LogP contribution >= 0.6 is 15.9 Å². The van der Waals surface area contributed by atoms with Crippen LogP contribution in [0.5, 0.6) is 0 Å². The molecule has 4 nitrogen and oxygen atoms in total. The maximum absolute atomic E-state index is 5.56. The highest BCUT2D eigenvalue weighted by Crippen LogP contribution is 2.20. The smallest absolute Gasteiger partial charge is 0.188 e. The van der Waals surface area contributed by atoms with Crippen molar-refractivity contribution in [2.24, 2.45) is 10.7 Å². The Morgan fingerprint density at radius 3 is 3.06 bits per heavy atom. The fraction of sp³-hybridized carbons (Fsp3) is 0.182. The van der Waals surface area contributed by atoms with E-state index >= 15 is 0 Å². The summed E-state index contributed by atoms with van der Waals surface area (Å²) < 4.78 is 1.08. The van der Waals surface area contributed by atoms with Gasteiger partial charge in [-0.25, -0.2) is 0 Å². The largest absolute Gasteiger partial charge is 0.370 e. The van der Waals surface area contributed by atoms with Crippen molar-refractivity contribution in [2.45, 2.75) is 6.54 Å². The third-order valence-corrected chi connectivity index (χ3v) is 2.83. The molecule has 0 radical (unpaired) electrons.